The van der Waals surface area contributed by atoms with E-state index in [1.54, 1.807) is 0 Å². The number of sulfonamides is 1. The monoisotopic (exact) mass is 296 g/mol. The molecule has 1 aromatic carbocycles. The van der Waals surface area contributed by atoms with Gasteiger partial charge in [-0.3, -0.25) is 14.6 Å². The minimum Gasteiger partial charge on any atom is -0.496 e. The molecule has 0 fully saturated rings. The number of methoxy groups -OCH3 is 1. The van der Waals surface area contributed by atoms with Crippen LogP contribution in [0.15, 0.2) is 35.5 Å². The Hall–Kier alpha value is -2.55. The van der Waals surface area contributed by atoms with Crippen molar-refractivity contribution in [3.8, 4) is 5.75 Å². The molecule has 0 saturated carbocycles. The summed E-state index contributed by atoms with van der Waals surface area (Å²) < 4.78 is 31.5. The number of benzene rings is 1. The molecule has 4 N–H and O–H groups in total. The van der Waals surface area contributed by atoms with Crippen molar-refractivity contribution in [2.75, 3.05) is 11.8 Å². The Bertz CT molecular complexity index is 725. The lowest BCUT2D eigenvalue weighted by Gasteiger charge is -2.09. The lowest BCUT2D eigenvalue weighted by atomic mass is 10.2. The van der Waals surface area contributed by atoms with E-state index >= 15 is 0 Å². The maximum Gasteiger partial charge on any atom is 0.262 e. The number of nitrogens with one attached hydrogen (secondary N) is 2. The third-order valence-electron chi connectivity index (χ3n) is 2.50. The minimum absolute atomic E-state index is 0.0115. The molecule has 0 unspecified atom stereocenters. The van der Waals surface area contributed by atoms with Crippen molar-refractivity contribution in [2.45, 2.75) is 4.90 Å². The zero-order chi connectivity index (χ0) is 14.8. The Morgan fingerprint density at radius 2 is 2.20 bits per heavy atom. The first-order valence-electron chi connectivity index (χ1n) is 5.43. The number of amides is 1. The smallest absolute Gasteiger partial charge is 0.262 e. The highest BCUT2D eigenvalue weighted by Gasteiger charge is 2.19. The van der Waals surface area contributed by atoms with Crippen LogP contribution in [0.1, 0.15) is 10.4 Å². The van der Waals surface area contributed by atoms with Crippen molar-refractivity contribution < 1.29 is 17.9 Å². The fourth-order valence-corrected chi connectivity index (χ4v) is 2.63. The van der Waals surface area contributed by atoms with Gasteiger partial charge in [0.05, 0.1) is 29.5 Å². The molecule has 1 aromatic heterocycles. The Kier molecular flexibility index (Phi) is 3.61. The van der Waals surface area contributed by atoms with Gasteiger partial charge in [0.2, 0.25) is 0 Å². The van der Waals surface area contributed by atoms with E-state index in [-0.39, 0.29) is 21.9 Å². The first-order valence-corrected chi connectivity index (χ1v) is 6.92. The Labute approximate surface area is 115 Å². The second-order valence-electron chi connectivity index (χ2n) is 3.82. The minimum atomic E-state index is -3.84. The van der Waals surface area contributed by atoms with Crippen molar-refractivity contribution >= 4 is 21.6 Å². The molecule has 0 aliphatic rings. The summed E-state index contributed by atoms with van der Waals surface area (Å²) in [5, 5.41) is 6.11. The molecule has 0 aliphatic carbocycles. The number of nitrogens with two attached hydrogens (primary N) is 1. The van der Waals surface area contributed by atoms with Gasteiger partial charge in [0.1, 0.15) is 5.75 Å². The normalized spacial score (nSPS) is 11.1. The predicted molar refractivity (Wildman–Crippen MR) is 70.9 cm³/mol. The quantitative estimate of drug-likeness (QED) is 0.732. The van der Waals surface area contributed by atoms with E-state index in [0.29, 0.717) is 0 Å². The fraction of sp³-hybridized carbons (Fsp3) is 0.0909. The third-order valence-corrected chi connectivity index (χ3v) is 3.88. The lowest BCUT2D eigenvalue weighted by Crippen LogP contribution is -2.16. The van der Waals surface area contributed by atoms with Crippen molar-refractivity contribution in [1.29, 1.82) is 0 Å². The maximum atomic E-state index is 12.1. The number of primary amides is 1. The van der Waals surface area contributed by atoms with Gasteiger partial charge in [-0.15, -0.1) is 0 Å². The van der Waals surface area contributed by atoms with Crippen molar-refractivity contribution in [3.05, 3.63) is 36.2 Å². The van der Waals surface area contributed by atoms with Gasteiger partial charge >= 0.3 is 0 Å². The molecule has 1 heterocycles. The molecule has 0 bridgehead atoms. The molecular formula is C11H12N4O4S. The van der Waals surface area contributed by atoms with E-state index in [4.69, 9.17) is 10.5 Å². The van der Waals surface area contributed by atoms with Crippen LogP contribution >= 0.6 is 0 Å². The molecule has 0 radical (unpaired) electrons. The van der Waals surface area contributed by atoms with Gasteiger partial charge in [0.15, 0.2) is 0 Å². The van der Waals surface area contributed by atoms with E-state index in [9.17, 15) is 13.2 Å². The molecule has 1 amide bonds. The summed E-state index contributed by atoms with van der Waals surface area (Å²) in [5.41, 5.74) is 5.46. The van der Waals surface area contributed by atoms with E-state index in [1.807, 2.05) is 0 Å². The third kappa shape index (κ3) is 2.72. The summed E-state index contributed by atoms with van der Waals surface area (Å²) >= 11 is 0. The number of rotatable bonds is 5. The number of carbonyl (C=O) groups is 1. The van der Waals surface area contributed by atoms with Crippen LogP contribution in [0, 0.1) is 0 Å². The summed E-state index contributed by atoms with van der Waals surface area (Å²) in [6, 6.07) is 3.83. The highest BCUT2D eigenvalue weighted by Crippen LogP contribution is 2.23. The summed E-state index contributed by atoms with van der Waals surface area (Å²) in [7, 11) is -2.48. The summed E-state index contributed by atoms with van der Waals surface area (Å²) in [6.07, 6.45) is 2.70. The zero-order valence-corrected chi connectivity index (χ0v) is 11.3. The first kappa shape index (κ1) is 13.9. The average molecular weight is 296 g/mol. The summed E-state index contributed by atoms with van der Waals surface area (Å²) in [6.45, 7) is 0. The first-order chi connectivity index (χ1) is 9.44. The van der Waals surface area contributed by atoms with Crippen molar-refractivity contribution in [1.82, 2.24) is 10.2 Å². The van der Waals surface area contributed by atoms with Gasteiger partial charge in [0, 0.05) is 6.20 Å². The highest BCUT2D eigenvalue weighted by molar-refractivity contribution is 7.92. The molecule has 2 aromatic rings. The van der Waals surface area contributed by atoms with Crippen LogP contribution in [0.4, 0.5) is 5.69 Å². The molecule has 0 spiro atoms. The molecule has 106 valence electrons. The largest absolute Gasteiger partial charge is 0.496 e. The molecule has 0 saturated heterocycles. The number of H-pyrrole nitrogens is 1. The maximum absolute atomic E-state index is 12.1. The molecule has 20 heavy (non-hydrogen) atoms. The van der Waals surface area contributed by atoms with E-state index in [1.165, 1.54) is 31.6 Å². The van der Waals surface area contributed by atoms with Crippen molar-refractivity contribution in [3.63, 3.8) is 0 Å². The fourth-order valence-electron chi connectivity index (χ4n) is 1.57. The summed E-state index contributed by atoms with van der Waals surface area (Å²) in [5.74, 6) is -0.568. The van der Waals surface area contributed by atoms with Crippen LogP contribution < -0.4 is 15.2 Å². The second kappa shape index (κ2) is 5.21. The topological polar surface area (TPSA) is 127 Å². The number of anilines is 1. The Morgan fingerprint density at radius 1 is 1.45 bits per heavy atom. The van der Waals surface area contributed by atoms with Crippen LogP contribution in [0.5, 0.6) is 5.75 Å². The zero-order valence-electron chi connectivity index (χ0n) is 10.5. The highest BCUT2D eigenvalue weighted by atomic mass is 32.2. The Balaban J connectivity index is 2.42. The molecule has 0 atom stereocenters. The van der Waals surface area contributed by atoms with Crippen LogP contribution in [0.25, 0.3) is 0 Å². The predicted octanol–water partition coefficient (Wildman–Crippen LogP) is 0.318. The Morgan fingerprint density at radius 3 is 2.75 bits per heavy atom. The molecule has 2 rings (SSSR count). The number of nitrogens with zero attached hydrogens (tertiary/aromatic N) is 1. The van der Waals surface area contributed by atoms with E-state index in [2.05, 4.69) is 14.9 Å². The number of aromatic nitrogens is 2. The van der Waals surface area contributed by atoms with Gasteiger partial charge in [-0.05, 0) is 18.2 Å². The van der Waals surface area contributed by atoms with Crippen LogP contribution in [0.3, 0.4) is 0 Å². The number of carbonyl (C=O) groups excluding carboxylic acids is 1. The SMILES string of the molecule is COc1ccc(S(=O)(=O)Nc2cn[nH]c2)cc1C(N)=O. The van der Waals surface area contributed by atoms with Crippen molar-refractivity contribution in [2.24, 2.45) is 5.73 Å². The molecule has 0 aliphatic heterocycles. The number of ether oxygens (including phenoxy) is 1. The summed E-state index contributed by atoms with van der Waals surface area (Å²) in [4.78, 5) is 11.2. The van der Waals surface area contributed by atoms with Gasteiger partial charge in [-0.25, -0.2) is 8.42 Å². The molecule has 8 nitrogen and oxygen atoms in total. The van der Waals surface area contributed by atoms with Gasteiger partial charge in [-0.2, -0.15) is 5.10 Å². The van der Waals surface area contributed by atoms with Crippen LogP contribution in [0.2, 0.25) is 0 Å². The van der Waals surface area contributed by atoms with Gasteiger partial charge in [-0.1, -0.05) is 0 Å². The van der Waals surface area contributed by atoms with Crippen LogP contribution in [-0.4, -0.2) is 31.6 Å². The molecular weight excluding hydrogens is 284 g/mol. The van der Waals surface area contributed by atoms with Gasteiger partial charge in [0.25, 0.3) is 15.9 Å². The number of aromatic amines is 1. The van der Waals surface area contributed by atoms with Crippen LogP contribution in [-0.2, 0) is 10.0 Å². The standard InChI is InChI=1S/C11H12N4O4S/c1-19-10-3-2-8(4-9(10)11(12)16)20(17,18)15-7-5-13-14-6-7/h2-6,15H,1H3,(H2,12,16)(H,13,14). The average Bonchev–Trinajstić information content (AvgIpc) is 2.89. The second-order valence-corrected chi connectivity index (χ2v) is 5.50. The number of hydrogen-bond acceptors (Lipinski definition) is 5. The van der Waals surface area contributed by atoms with E-state index in [0.717, 1.165) is 6.07 Å². The number of hydrogen-bond donors (Lipinski definition) is 3. The van der Waals surface area contributed by atoms with E-state index < -0.39 is 15.9 Å². The lowest BCUT2D eigenvalue weighted by molar-refractivity contribution is 0.0997. The van der Waals surface area contributed by atoms with Gasteiger partial charge < -0.3 is 10.5 Å². The molecule has 9 heteroatoms.